The molecular weight excluding hydrogens is 250 g/mol. The first-order chi connectivity index (χ1) is 9.74. The molecule has 1 aromatic heterocycles. The zero-order chi connectivity index (χ0) is 14.4. The van der Waals surface area contributed by atoms with Crippen molar-refractivity contribution in [3.05, 3.63) is 29.6 Å². The first-order valence-corrected chi connectivity index (χ1v) is 7.17. The second kappa shape index (κ2) is 7.06. The number of amides is 1. The smallest absolute Gasteiger partial charge is 0.255 e. The molecule has 2 N–H and O–H groups in total. The van der Waals surface area contributed by atoms with E-state index in [-0.39, 0.29) is 5.91 Å². The Morgan fingerprint density at radius 3 is 2.95 bits per heavy atom. The molecule has 0 spiro atoms. The summed E-state index contributed by atoms with van der Waals surface area (Å²) < 4.78 is 0. The van der Waals surface area contributed by atoms with Crippen molar-refractivity contribution in [2.24, 2.45) is 11.7 Å². The minimum absolute atomic E-state index is 0.0580. The van der Waals surface area contributed by atoms with Gasteiger partial charge in [-0.3, -0.25) is 9.78 Å². The van der Waals surface area contributed by atoms with Gasteiger partial charge in [0, 0.05) is 31.0 Å². The Kier molecular flexibility index (Phi) is 5.14. The van der Waals surface area contributed by atoms with Crippen LogP contribution in [0.15, 0.2) is 18.5 Å². The zero-order valence-corrected chi connectivity index (χ0v) is 11.9. The second-order valence-electron chi connectivity index (χ2n) is 5.16. The van der Waals surface area contributed by atoms with Gasteiger partial charge in [-0.15, -0.1) is 0 Å². The Hall–Kier alpha value is -1.86. The lowest BCUT2D eigenvalue weighted by Crippen LogP contribution is -2.33. The van der Waals surface area contributed by atoms with E-state index in [1.807, 2.05) is 4.90 Å². The summed E-state index contributed by atoms with van der Waals surface area (Å²) >= 11 is 0. The predicted octanol–water partition coefficient (Wildman–Crippen LogP) is 1.65. The number of rotatable bonds is 5. The number of carbonyl (C=O) groups is 1. The van der Waals surface area contributed by atoms with Crippen LogP contribution in [0, 0.1) is 17.8 Å². The molecule has 0 saturated heterocycles. The maximum Gasteiger partial charge on any atom is 0.255 e. The number of pyridine rings is 1. The Bertz CT molecular complexity index is 526. The number of carbonyl (C=O) groups excluding carboxylic acids is 1. The van der Waals surface area contributed by atoms with Crippen LogP contribution in [0.3, 0.4) is 0 Å². The van der Waals surface area contributed by atoms with E-state index in [2.05, 4.69) is 23.7 Å². The molecule has 106 valence electrons. The minimum Gasteiger partial charge on any atom is -0.338 e. The molecule has 2 rings (SSSR count). The van der Waals surface area contributed by atoms with Crippen molar-refractivity contribution < 1.29 is 4.79 Å². The molecule has 1 amide bonds. The SMILES string of the molecule is CCCN(CC1CC1)C(=O)c1cncc(C#CCN)c1. The summed E-state index contributed by atoms with van der Waals surface area (Å²) in [6.45, 7) is 4.07. The molecule has 1 aliphatic carbocycles. The van der Waals surface area contributed by atoms with E-state index in [1.54, 1.807) is 18.5 Å². The summed E-state index contributed by atoms with van der Waals surface area (Å²) in [4.78, 5) is 18.6. The molecular formula is C16H21N3O. The molecule has 0 radical (unpaired) electrons. The zero-order valence-electron chi connectivity index (χ0n) is 11.9. The van der Waals surface area contributed by atoms with Gasteiger partial charge >= 0.3 is 0 Å². The van der Waals surface area contributed by atoms with Gasteiger partial charge in [0.1, 0.15) is 0 Å². The minimum atomic E-state index is 0.0580. The molecule has 1 heterocycles. The van der Waals surface area contributed by atoms with Gasteiger partial charge in [-0.1, -0.05) is 18.8 Å². The molecule has 0 unspecified atom stereocenters. The summed E-state index contributed by atoms with van der Waals surface area (Å²) in [5.41, 5.74) is 6.71. The standard InChI is InChI=1S/C16H21N3O/c1-2-8-19(12-13-5-6-13)16(20)15-9-14(4-3-7-17)10-18-11-15/h9-11,13H,2,5-8,12,17H2,1H3. The van der Waals surface area contributed by atoms with E-state index in [0.29, 0.717) is 18.0 Å². The van der Waals surface area contributed by atoms with Crippen molar-refractivity contribution in [3.8, 4) is 11.8 Å². The van der Waals surface area contributed by atoms with Crippen LogP contribution in [0.25, 0.3) is 0 Å². The van der Waals surface area contributed by atoms with Crippen molar-refractivity contribution in [1.82, 2.24) is 9.88 Å². The van der Waals surface area contributed by atoms with Crippen LogP contribution in [-0.4, -0.2) is 35.4 Å². The lowest BCUT2D eigenvalue weighted by atomic mass is 10.1. The summed E-state index contributed by atoms with van der Waals surface area (Å²) in [6, 6.07) is 1.80. The normalized spacial score (nSPS) is 13.5. The first kappa shape index (κ1) is 14.5. The fourth-order valence-electron chi connectivity index (χ4n) is 2.12. The van der Waals surface area contributed by atoms with Gasteiger partial charge in [-0.05, 0) is 31.2 Å². The maximum atomic E-state index is 12.5. The molecule has 4 heteroatoms. The van der Waals surface area contributed by atoms with Crippen LogP contribution < -0.4 is 5.73 Å². The highest BCUT2D eigenvalue weighted by atomic mass is 16.2. The fourth-order valence-corrected chi connectivity index (χ4v) is 2.12. The lowest BCUT2D eigenvalue weighted by molar-refractivity contribution is 0.0747. The van der Waals surface area contributed by atoms with Crippen LogP contribution in [0.2, 0.25) is 0 Å². The largest absolute Gasteiger partial charge is 0.338 e. The van der Waals surface area contributed by atoms with Crippen LogP contribution >= 0.6 is 0 Å². The molecule has 0 atom stereocenters. The van der Waals surface area contributed by atoms with Crippen molar-refractivity contribution in [1.29, 1.82) is 0 Å². The quantitative estimate of drug-likeness (QED) is 0.828. The van der Waals surface area contributed by atoms with Gasteiger partial charge in [0.25, 0.3) is 5.91 Å². The van der Waals surface area contributed by atoms with Gasteiger partial charge in [0.2, 0.25) is 0 Å². The van der Waals surface area contributed by atoms with Crippen molar-refractivity contribution in [2.45, 2.75) is 26.2 Å². The second-order valence-corrected chi connectivity index (χ2v) is 5.16. The van der Waals surface area contributed by atoms with E-state index in [4.69, 9.17) is 5.73 Å². The Morgan fingerprint density at radius 1 is 1.50 bits per heavy atom. The van der Waals surface area contributed by atoms with Crippen molar-refractivity contribution in [3.63, 3.8) is 0 Å². The third-order valence-electron chi connectivity index (χ3n) is 3.28. The predicted molar refractivity (Wildman–Crippen MR) is 79.1 cm³/mol. The van der Waals surface area contributed by atoms with Gasteiger partial charge < -0.3 is 10.6 Å². The molecule has 20 heavy (non-hydrogen) atoms. The highest BCUT2D eigenvalue weighted by Crippen LogP contribution is 2.30. The topological polar surface area (TPSA) is 59.2 Å². The molecule has 1 aliphatic rings. The third-order valence-corrected chi connectivity index (χ3v) is 3.28. The van der Waals surface area contributed by atoms with Crippen LogP contribution in [0.1, 0.15) is 42.1 Å². The Labute approximate surface area is 120 Å². The summed E-state index contributed by atoms with van der Waals surface area (Å²) in [6.07, 6.45) is 6.73. The number of aromatic nitrogens is 1. The molecule has 0 aliphatic heterocycles. The molecule has 1 aromatic rings. The molecule has 0 aromatic carbocycles. The highest BCUT2D eigenvalue weighted by Gasteiger charge is 2.26. The van der Waals surface area contributed by atoms with E-state index < -0.39 is 0 Å². The van der Waals surface area contributed by atoms with Crippen LogP contribution in [0.4, 0.5) is 0 Å². The first-order valence-electron chi connectivity index (χ1n) is 7.17. The van der Waals surface area contributed by atoms with E-state index in [0.717, 1.165) is 25.1 Å². The molecule has 4 nitrogen and oxygen atoms in total. The van der Waals surface area contributed by atoms with Crippen LogP contribution in [-0.2, 0) is 0 Å². The maximum absolute atomic E-state index is 12.5. The number of hydrogen-bond donors (Lipinski definition) is 1. The third kappa shape index (κ3) is 4.07. The van der Waals surface area contributed by atoms with Crippen molar-refractivity contribution >= 4 is 5.91 Å². The Morgan fingerprint density at radius 2 is 2.30 bits per heavy atom. The number of hydrogen-bond acceptors (Lipinski definition) is 3. The summed E-state index contributed by atoms with van der Waals surface area (Å²) in [7, 11) is 0. The lowest BCUT2D eigenvalue weighted by Gasteiger charge is -2.22. The average molecular weight is 271 g/mol. The van der Waals surface area contributed by atoms with Gasteiger partial charge in [0.05, 0.1) is 12.1 Å². The summed E-state index contributed by atoms with van der Waals surface area (Å²) in [5, 5.41) is 0. The van der Waals surface area contributed by atoms with E-state index >= 15 is 0 Å². The highest BCUT2D eigenvalue weighted by molar-refractivity contribution is 5.94. The number of nitrogens with zero attached hydrogens (tertiary/aromatic N) is 2. The van der Waals surface area contributed by atoms with Crippen molar-refractivity contribution in [2.75, 3.05) is 19.6 Å². The molecule has 0 bridgehead atoms. The van der Waals surface area contributed by atoms with Gasteiger partial charge in [-0.2, -0.15) is 0 Å². The monoisotopic (exact) mass is 271 g/mol. The summed E-state index contributed by atoms with van der Waals surface area (Å²) in [5.74, 6) is 6.45. The van der Waals surface area contributed by atoms with E-state index in [1.165, 1.54) is 12.8 Å². The molecule has 1 fully saturated rings. The van der Waals surface area contributed by atoms with Crippen LogP contribution in [0.5, 0.6) is 0 Å². The number of nitrogens with two attached hydrogens (primary N) is 1. The van der Waals surface area contributed by atoms with Gasteiger partial charge in [0.15, 0.2) is 0 Å². The Balaban J connectivity index is 2.12. The average Bonchev–Trinajstić information content (AvgIpc) is 3.28. The fraction of sp³-hybridized carbons (Fsp3) is 0.500. The van der Waals surface area contributed by atoms with Gasteiger partial charge in [-0.25, -0.2) is 0 Å². The molecule has 1 saturated carbocycles. The van der Waals surface area contributed by atoms with E-state index in [9.17, 15) is 4.79 Å².